The summed E-state index contributed by atoms with van der Waals surface area (Å²) in [5, 5.41) is 4.04. The van der Waals surface area contributed by atoms with Gasteiger partial charge in [-0.3, -0.25) is 4.79 Å². The molecule has 2 heterocycles. The van der Waals surface area contributed by atoms with Gasteiger partial charge in [0.05, 0.1) is 12.1 Å². The first-order chi connectivity index (χ1) is 15.1. The first-order valence-electron chi connectivity index (χ1n) is 9.95. The van der Waals surface area contributed by atoms with Crippen LogP contribution in [0, 0.1) is 5.82 Å². The van der Waals surface area contributed by atoms with Crippen LogP contribution in [0.25, 0.3) is 0 Å². The molecule has 160 valence electrons. The van der Waals surface area contributed by atoms with Gasteiger partial charge in [0.15, 0.2) is 6.61 Å². The van der Waals surface area contributed by atoms with Crippen LogP contribution in [-0.4, -0.2) is 64.3 Å². The summed E-state index contributed by atoms with van der Waals surface area (Å²) >= 11 is 0. The maximum atomic E-state index is 13.1. The molecule has 0 radical (unpaired) electrons. The highest BCUT2D eigenvalue weighted by Crippen LogP contribution is 2.17. The lowest BCUT2D eigenvalue weighted by atomic mass is 10.1. The van der Waals surface area contributed by atoms with Gasteiger partial charge in [-0.15, -0.1) is 0 Å². The monoisotopic (exact) mass is 423 g/mol. The van der Waals surface area contributed by atoms with Gasteiger partial charge in [0.2, 0.25) is 0 Å². The third-order valence-electron chi connectivity index (χ3n) is 5.15. The van der Waals surface area contributed by atoms with Crippen LogP contribution in [0.4, 0.5) is 10.1 Å². The Morgan fingerprint density at radius 3 is 2.32 bits per heavy atom. The standard InChI is InChI=1S/C22H22FN5O3/c23-19-5-7-20(8-6-19)26-9-11-27(12-10-26)21(29)14-31-22(30)18-3-1-17(2-4-18)13-28-16-24-15-25-28/h1-8,15-16H,9-14H2. The van der Waals surface area contributed by atoms with Crippen molar-refractivity contribution in [2.45, 2.75) is 6.54 Å². The van der Waals surface area contributed by atoms with Crippen LogP contribution >= 0.6 is 0 Å². The molecule has 0 saturated carbocycles. The van der Waals surface area contributed by atoms with Gasteiger partial charge in [-0.25, -0.2) is 18.9 Å². The van der Waals surface area contributed by atoms with E-state index in [4.69, 9.17) is 4.74 Å². The number of anilines is 1. The zero-order chi connectivity index (χ0) is 21.6. The van der Waals surface area contributed by atoms with Gasteiger partial charge in [-0.2, -0.15) is 5.10 Å². The highest BCUT2D eigenvalue weighted by Gasteiger charge is 2.22. The summed E-state index contributed by atoms with van der Waals surface area (Å²) < 4.78 is 20.0. The predicted molar refractivity (Wildman–Crippen MR) is 111 cm³/mol. The van der Waals surface area contributed by atoms with E-state index < -0.39 is 5.97 Å². The largest absolute Gasteiger partial charge is 0.452 e. The predicted octanol–water partition coefficient (Wildman–Crippen LogP) is 1.97. The topological polar surface area (TPSA) is 80.6 Å². The Kier molecular flexibility index (Phi) is 6.21. The number of aromatic nitrogens is 3. The zero-order valence-electron chi connectivity index (χ0n) is 16.9. The summed E-state index contributed by atoms with van der Waals surface area (Å²) in [4.78, 5) is 32.3. The van der Waals surface area contributed by atoms with E-state index in [-0.39, 0.29) is 18.3 Å². The van der Waals surface area contributed by atoms with Crippen LogP contribution < -0.4 is 4.90 Å². The molecule has 9 heteroatoms. The van der Waals surface area contributed by atoms with Crippen LogP contribution in [0.5, 0.6) is 0 Å². The molecule has 4 rings (SSSR count). The van der Waals surface area contributed by atoms with Crippen molar-refractivity contribution in [1.82, 2.24) is 19.7 Å². The van der Waals surface area contributed by atoms with Crippen LogP contribution in [0.1, 0.15) is 15.9 Å². The minimum Gasteiger partial charge on any atom is -0.452 e. The Balaban J connectivity index is 1.23. The molecule has 1 aliphatic heterocycles. The van der Waals surface area contributed by atoms with E-state index in [9.17, 15) is 14.0 Å². The smallest absolute Gasteiger partial charge is 0.338 e. The van der Waals surface area contributed by atoms with Gasteiger partial charge >= 0.3 is 5.97 Å². The number of esters is 1. The molecule has 2 aromatic carbocycles. The van der Waals surface area contributed by atoms with E-state index in [0.29, 0.717) is 38.3 Å². The number of carbonyl (C=O) groups is 2. The molecule has 1 aliphatic rings. The minimum absolute atomic E-state index is 0.227. The number of halogens is 1. The molecule has 0 spiro atoms. The van der Waals surface area contributed by atoms with Gasteiger partial charge in [0.1, 0.15) is 18.5 Å². The molecule has 3 aromatic rings. The molecule has 0 atom stereocenters. The number of amides is 1. The van der Waals surface area contributed by atoms with Gasteiger partial charge in [-0.05, 0) is 42.0 Å². The molecule has 0 aliphatic carbocycles. The fourth-order valence-electron chi connectivity index (χ4n) is 3.42. The van der Waals surface area contributed by atoms with Crippen molar-refractivity contribution < 1.29 is 18.7 Å². The quantitative estimate of drug-likeness (QED) is 0.564. The molecule has 0 unspecified atom stereocenters. The van der Waals surface area contributed by atoms with Gasteiger partial charge in [0.25, 0.3) is 5.91 Å². The number of hydrogen-bond acceptors (Lipinski definition) is 6. The fraction of sp³-hybridized carbons (Fsp3) is 0.273. The maximum Gasteiger partial charge on any atom is 0.338 e. The Hall–Kier alpha value is -3.75. The summed E-state index contributed by atoms with van der Waals surface area (Å²) in [5.74, 6) is -1.04. The number of carbonyl (C=O) groups excluding carboxylic acids is 2. The Morgan fingerprint density at radius 1 is 0.968 bits per heavy atom. The first kappa shape index (κ1) is 20.5. The number of nitrogens with zero attached hydrogens (tertiary/aromatic N) is 5. The Labute approximate surface area is 178 Å². The highest BCUT2D eigenvalue weighted by atomic mass is 19.1. The average molecular weight is 423 g/mol. The Morgan fingerprint density at radius 2 is 1.68 bits per heavy atom. The summed E-state index contributed by atoms with van der Waals surface area (Å²) in [6.07, 6.45) is 3.08. The molecule has 1 aromatic heterocycles. The van der Waals surface area contributed by atoms with Crippen molar-refractivity contribution in [3.05, 3.63) is 78.1 Å². The summed E-state index contributed by atoms with van der Waals surface area (Å²) in [7, 11) is 0. The summed E-state index contributed by atoms with van der Waals surface area (Å²) in [6.45, 7) is 2.57. The molecular formula is C22H22FN5O3. The molecule has 1 amide bonds. The summed E-state index contributed by atoms with van der Waals surface area (Å²) in [6, 6.07) is 13.3. The first-order valence-corrected chi connectivity index (χ1v) is 9.95. The second kappa shape index (κ2) is 9.38. The number of rotatable bonds is 6. The lowest BCUT2D eigenvalue weighted by Crippen LogP contribution is -2.49. The van der Waals surface area contributed by atoms with Crippen molar-refractivity contribution in [1.29, 1.82) is 0 Å². The highest BCUT2D eigenvalue weighted by molar-refractivity contribution is 5.91. The third kappa shape index (κ3) is 5.25. The average Bonchev–Trinajstić information content (AvgIpc) is 3.31. The molecule has 0 bridgehead atoms. The van der Waals surface area contributed by atoms with E-state index >= 15 is 0 Å². The van der Waals surface area contributed by atoms with Crippen LogP contribution in [-0.2, 0) is 16.1 Å². The maximum absolute atomic E-state index is 13.1. The van der Waals surface area contributed by atoms with E-state index in [0.717, 1.165) is 11.3 Å². The molecule has 8 nitrogen and oxygen atoms in total. The summed E-state index contributed by atoms with van der Waals surface area (Å²) in [5.41, 5.74) is 2.28. The molecule has 31 heavy (non-hydrogen) atoms. The lowest BCUT2D eigenvalue weighted by molar-refractivity contribution is -0.134. The van der Waals surface area contributed by atoms with E-state index in [1.807, 2.05) is 12.1 Å². The second-order valence-electron chi connectivity index (χ2n) is 7.21. The lowest BCUT2D eigenvalue weighted by Gasteiger charge is -2.36. The number of piperazine rings is 1. The Bertz CT molecular complexity index is 1010. The minimum atomic E-state index is -0.536. The van der Waals surface area contributed by atoms with E-state index in [2.05, 4.69) is 15.0 Å². The van der Waals surface area contributed by atoms with Gasteiger partial charge < -0.3 is 14.5 Å². The van der Waals surface area contributed by atoms with Crippen molar-refractivity contribution in [3.8, 4) is 0 Å². The molecule has 1 saturated heterocycles. The molecule has 1 fully saturated rings. The van der Waals surface area contributed by atoms with Crippen molar-refractivity contribution in [2.24, 2.45) is 0 Å². The van der Waals surface area contributed by atoms with Crippen molar-refractivity contribution >= 4 is 17.6 Å². The van der Waals surface area contributed by atoms with Crippen molar-refractivity contribution in [2.75, 3.05) is 37.7 Å². The normalized spacial score (nSPS) is 13.8. The number of ether oxygens (including phenoxy) is 1. The van der Waals surface area contributed by atoms with Gasteiger partial charge in [-0.1, -0.05) is 12.1 Å². The van der Waals surface area contributed by atoms with Crippen LogP contribution in [0.15, 0.2) is 61.2 Å². The van der Waals surface area contributed by atoms with Crippen molar-refractivity contribution in [3.63, 3.8) is 0 Å². The second-order valence-corrected chi connectivity index (χ2v) is 7.21. The number of benzene rings is 2. The van der Waals surface area contributed by atoms with Crippen LogP contribution in [0.3, 0.4) is 0 Å². The molecule has 0 N–H and O–H groups in total. The fourth-order valence-corrected chi connectivity index (χ4v) is 3.42. The third-order valence-corrected chi connectivity index (χ3v) is 5.15. The van der Waals surface area contributed by atoms with Crippen LogP contribution in [0.2, 0.25) is 0 Å². The SMILES string of the molecule is O=C(OCC(=O)N1CCN(c2ccc(F)cc2)CC1)c1ccc(Cn2cncn2)cc1. The molecular weight excluding hydrogens is 401 g/mol. The van der Waals surface area contributed by atoms with E-state index in [1.54, 1.807) is 40.2 Å². The zero-order valence-corrected chi connectivity index (χ0v) is 16.9. The number of hydrogen-bond donors (Lipinski definition) is 0. The van der Waals surface area contributed by atoms with E-state index in [1.165, 1.54) is 18.5 Å². The van der Waals surface area contributed by atoms with Gasteiger partial charge in [0, 0.05) is 31.9 Å².